The summed E-state index contributed by atoms with van der Waals surface area (Å²) in [5, 5.41) is 3.61. The number of anilines is 1. The van der Waals surface area contributed by atoms with Crippen molar-refractivity contribution in [1.82, 2.24) is 9.97 Å². The molecule has 0 radical (unpaired) electrons. The Morgan fingerprint density at radius 1 is 1.44 bits per heavy atom. The van der Waals surface area contributed by atoms with Crippen molar-refractivity contribution < 1.29 is 0 Å². The smallest absolute Gasteiger partial charge is 0.224 e. The number of hydrogen-bond acceptors (Lipinski definition) is 3. The molecule has 0 amide bonds. The molecule has 1 N–H and O–H groups in total. The lowest BCUT2D eigenvalue weighted by Gasteiger charge is -2.15. The summed E-state index contributed by atoms with van der Waals surface area (Å²) >= 11 is 5.72. The highest BCUT2D eigenvalue weighted by atomic mass is 35.5. The van der Waals surface area contributed by atoms with Crippen LogP contribution in [0, 0.1) is 5.92 Å². The van der Waals surface area contributed by atoms with E-state index in [1.807, 2.05) is 6.07 Å². The monoisotopic (exact) mass is 241 g/mol. The predicted molar refractivity (Wildman–Crippen MR) is 68.8 cm³/mol. The first-order chi connectivity index (χ1) is 7.76. The first kappa shape index (κ1) is 13.2. The molecule has 1 rings (SSSR count). The van der Waals surface area contributed by atoms with Crippen molar-refractivity contribution in [1.29, 1.82) is 0 Å². The van der Waals surface area contributed by atoms with Crippen molar-refractivity contribution in [3.63, 3.8) is 0 Å². The molecule has 0 aromatic carbocycles. The molecule has 1 aromatic rings. The van der Waals surface area contributed by atoms with Crippen molar-refractivity contribution in [3.8, 4) is 0 Å². The molecule has 0 fully saturated rings. The standard InChI is InChI=1S/C12H20ClN3/c1-3-5-6-10(4-2)9-15-11-7-8-14-12(13)16-11/h7-8,10H,3-6,9H2,1-2H3,(H,14,15,16)/t10-/m0/s1. The van der Waals surface area contributed by atoms with E-state index in [2.05, 4.69) is 29.1 Å². The third kappa shape index (κ3) is 4.79. The first-order valence-electron chi connectivity index (χ1n) is 5.98. The molecule has 0 bridgehead atoms. The van der Waals surface area contributed by atoms with Crippen molar-refractivity contribution in [3.05, 3.63) is 17.5 Å². The number of nitrogens with one attached hydrogen (secondary N) is 1. The van der Waals surface area contributed by atoms with Crippen molar-refractivity contribution in [2.45, 2.75) is 39.5 Å². The maximum atomic E-state index is 5.72. The zero-order chi connectivity index (χ0) is 11.8. The van der Waals surface area contributed by atoms with Gasteiger partial charge in [-0.25, -0.2) is 9.97 Å². The van der Waals surface area contributed by atoms with Gasteiger partial charge in [0.25, 0.3) is 0 Å². The zero-order valence-corrected chi connectivity index (χ0v) is 10.8. The molecular weight excluding hydrogens is 222 g/mol. The molecule has 1 heterocycles. The largest absolute Gasteiger partial charge is 0.370 e. The molecule has 16 heavy (non-hydrogen) atoms. The maximum Gasteiger partial charge on any atom is 0.224 e. The molecule has 0 unspecified atom stereocenters. The summed E-state index contributed by atoms with van der Waals surface area (Å²) < 4.78 is 0. The Bertz CT molecular complexity index is 304. The highest BCUT2D eigenvalue weighted by Crippen LogP contribution is 2.14. The van der Waals surface area contributed by atoms with Crippen LogP contribution in [-0.2, 0) is 0 Å². The van der Waals surface area contributed by atoms with Gasteiger partial charge in [0.1, 0.15) is 5.82 Å². The number of hydrogen-bond donors (Lipinski definition) is 1. The van der Waals surface area contributed by atoms with E-state index in [0.717, 1.165) is 12.4 Å². The van der Waals surface area contributed by atoms with Gasteiger partial charge in [0.2, 0.25) is 5.28 Å². The van der Waals surface area contributed by atoms with Crippen LogP contribution in [0.15, 0.2) is 12.3 Å². The summed E-state index contributed by atoms with van der Waals surface area (Å²) in [4.78, 5) is 7.95. The van der Waals surface area contributed by atoms with Crippen molar-refractivity contribution in [2.75, 3.05) is 11.9 Å². The molecular formula is C12H20ClN3. The Kier molecular flexibility index (Phi) is 6.16. The lowest BCUT2D eigenvalue weighted by Crippen LogP contribution is -2.14. The Balaban J connectivity index is 2.37. The average molecular weight is 242 g/mol. The number of rotatable bonds is 7. The Morgan fingerprint density at radius 3 is 2.88 bits per heavy atom. The molecule has 90 valence electrons. The van der Waals surface area contributed by atoms with Crippen LogP contribution in [0.3, 0.4) is 0 Å². The predicted octanol–water partition coefficient (Wildman–Crippen LogP) is 3.76. The van der Waals surface area contributed by atoms with E-state index in [0.29, 0.717) is 11.2 Å². The van der Waals surface area contributed by atoms with Gasteiger partial charge in [-0.2, -0.15) is 0 Å². The van der Waals surface area contributed by atoms with Gasteiger partial charge in [0, 0.05) is 12.7 Å². The minimum absolute atomic E-state index is 0.298. The second-order valence-corrected chi connectivity index (χ2v) is 4.35. The number of halogens is 1. The van der Waals surface area contributed by atoms with Crippen LogP contribution >= 0.6 is 11.6 Å². The minimum atomic E-state index is 0.298. The molecule has 0 saturated carbocycles. The van der Waals surface area contributed by atoms with Crippen LogP contribution in [0.1, 0.15) is 39.5 Å². The molecule has 3 nitrogen and oxygen atoms in total. The van der Waals surface area contributed by atoms with E-state index in [4.69, 9.17) is 11.6 Å². The number of aromatic nitrogens is 2. The van der Waals surface area contributed by atoms with Crippen LogP contribution in [-0.4, -0.2) is 16.5 Å². The van der Waals surface area contributed by atoms with Gasteiger partial charge in [0.15, 0.2) is 0 Å². The molecule has 4 heteroatoms. The van der Waals surface area contributed by atoms with Gasteiger partial charge in [-0.05, 0) is 30.0 Å². The van der Waals surface area contributed by atoms with Gasteiger partial charge in [-0.15, -0.1) is 0 Å². The average Bonchev–Trinajstić information content (AvgIpc) is 2.29. The van der Waals surface area contributed by atoms with Gasteiger partial charge < -0.3 is 5.32 Å². The van der Waals surface area contributed by atoms with Crippen LogP contribution in [0.4, 0.5) is 5.82 Å². The van der Waals surface area contributed by atoms with E-state index < -0.39 is 0 Å². The van der Waals surface area contributed by atoms with Gasteiger partial charge in [0.05, 0.1) is 0 Å². The third-order valence-corrected chi connectivity index (χ3v) is 2.92. The molecule has 0 aliphatic heterocycles. The van der Waals surface area contributed by atoms with Gasteiger partial charge >= 0.3 is 0 Å². The van der Waals surface area contributed by atoms with Crippen LogP contribution in [0.2, 0.25) is 5.28 Å². The number of unbranched alkanes of at least 4 members (excludes halogenated alkanes) is 1. The minimum Gasteiger partial charge on any atom is -0.370 e. The summed E-state index contributed by atoms with van der Waals surface area (Å²) in [5.74, 6) is 1.53. The molecule has 1 atom stereocenters. The summed E-state index contributed by atoms with van der Waals surface area (Å²) in [7, 11) is 0. The molecule has 1 aromatic heterocycles. The fourth-order valence-corrected chi connectivity index (χ4v) is 1.77. The highest BCUT2D eigenvalue weighted by Gasteiger charge is 2.05. The van der Waals surface area contributed by atoms with Gasteiger partial charge in [-0.3, -0.25) is 0 Å². The van der Waals surface area contributed by atoms with E-state index in [1.165, 1.54) is 25.7 Å². The van der Waals surface area contributed by atoms with Gasteiger partial charge in [-0.1, -0.05) is 33.1 Å². The molecule has 0 aliphatic carbocycles. The van der Waals surface area contributed by atoms with E-state index in [9.17, 15) is 0 Å². The van der Waals surface area contributed by atoms with Crippen LogP contribution in [0.25, 0.3) is 0 Å². The highest BCUT2D eigenvalue weighted by molar-refractivity contribution is 6.28. The van der Waals surface area contributed by atoms with Crippen molar-refractivity contribution >= 4 is 17.4 Å². The normalized spacial score (nSPS) is 12.4. The second-order valence-electron chi connectivity index (χ2n) is 4.01. The second kappa shape index (κ2) is 7.44. The Morgan fingerprint density at radius 2 is 2.25 bits per heavy atom. The molecule has 0 aliphatic rings. The lowest BCUT2D eigenvalue weighted by atomic mass is 9.99. The fourth-order valence-electron chi connectivity index (χ4n) is 1.63. The quantitative estimate of drug-likeness (QED) is 0.739. The van der Waals surface area contributed by atoms with Crippen LogP contribution < -0.4 is 5.32 Å². The maximum absolute atomic E-state index is 5.72. The summed E-state index contributed by atoms with van der Waals surface area (Å²) in [6, 6.07) is 1.85. The first-order valence-corrected chi connectivity index (χ1v) is 6.36. The third-order valence-electron chi connectivity index (χ3n) is 2.74. The van der Waals surface area contributed by atoms with E-state index >= 15 is 0 Å². The molecule has 0 saturated heterocycles. The number of nitrogens with zero attached hydrogens (tertiary/aromatic N) is 2. The Labute approximate surface area is 103 Å². The fraction of sp³-hybridized carbons (Fsp3) is 0.667. The molecule has 0 spiro atoms. The van der Waals surface area contributed by atoms with Crippen molar-refractivity contribution in [2.24, 2.45) is 5.92 Å². The summed E-state index contributed by atoms with van der Waals surface area (Å²) in [5.41, 5.74) is 0. The summed E-state index contributed by atoms with van der Waals surface area (Å²) in [6.07, 6.45) is 6.70. The van der Waals surface area contributed by atoms with Crippen LogP contribution in [0.5, 0.6) is 0 Å². The Hall–Kier alpha value is -0.830. The zero-order valence-electron chi connectivity index (χ0n) is 10.0. The van der Waals surface area contributed by atoms with E-state index in [-0.39, 0.29) is 0 Å². The lowest BCUT2D eigenvalue weighted by molar-refractivity contribution is 0.472. The SMILES string of the molecule is CCCC[C@H](CC)CNc1ccnc(Cl)n1. The van der Waals surface area contributed by atoms with E-state index in [1.54, 1.807) is 6.20 Å². The summed E-state index contributed by atoms with van der Waals surface area (Å²) in [6.45, 7) is 5.42. The topological polar surface area (TPSA) is 37.8 Å².